The smallest absolute Gasteiger partial charge is 0.255 e. The van der Waals surface area contributed by atoms with Crippen LogP contribution in [0, 0.1) is 0 Å². The van der Waals surface area contributed by atoms with Crippen LogP contribution in [0.2, 0.25) is 0 Å². The molecule has 4 heterocycles. The molecule has 3 aromatic heterocycles. The number of nitrogens with zero attached hydrogens (tertiary/aromatic N) is 5. The summed E-state index contributed by atoms with van der Waals surface area (Å²) in [6, 6.07) is 7.41. The molecule has 0 spiro atoms. The monoisotopic (exact) mass is 308 g/mol. The van der Waals surface area contributed by atoms with Gasteiger partial charge in [-0.25, -0.2) is 9.67 Å². The first kappa shape index (κ1) is 13.7. The van der Waals surface area contributed by atoms with E-state index in [0.717, 1.165) is 18.7 Å². The third-order valence-corrected chi connectivity index (χ3v) is 4.17. The van der Waals surface area contributed by atoms with Crippen molar-refractivity contribution in [3.8, 4) is 5.82 Å². The largest absolute Gasteiger partial charge is 0.338 e. The van der Waals surface area contributed by atoms with Crippen molar-refractivity contribution in [2.24, 2.45) is 0 Å². The molecule has 1 aliphatic heterocycles. The molecule has 7 nitrogen and oxygen atoms in total. The molecule has 1 saturated heterocycles. The molecule has 0 aliphatic carbocycles. The van der Waals surface area contributed by atoms with Gasteiger partial charge >= 0.3 is 0 Å². The molecule has 7 heteroatoms. The van der Waals surface area contributed by atoms with Crippen molar-refractivity contribution in [2.75, 3.05) is 13.1 Å². The van der Waals surface area contributed by atoms with Crippen molar-refractivity contribution in [1.82, 2.24) is 29.9 Å². The number of likely N-dealkylation sites (tertiary alicyclic amines) is 1. The summed E-state index contributed by atoms with van der Waals surface area (Å²) in [5.74, 6) is 1.05. The number of aromatic nitrogens is 5. The Morgan fingerprint density at radius 2 is 2.22 bits per heavy atom. The zero-order valence-electron chi connectivity index (χ0n) is 12.5. The third kappa shape index (κ3) is 2.61. The molecule has 0 aromatic carbocycles. The van der Waals surface area contributed by atoms with Crippen molar-refractivity contribution >= 4 is 5.91 Å². The molecular formula is C16H16N6O. The predicted molar refractivity (Wildman–Crippen MR) is 83.2 cm³/mol. The van der Waals surface area contributed by atoms with Crippen LogP contribution >= 0.6 is 0 Å². The maximum Gasteiger partial charge on any atom is 0.255 e. The highest BCUT2D eigenvalue weighted by molar-refractivity contribution is 5.94. The number of amides is 1. The van der Waals surface area contributed by atoms with E-state index in [9.17, 15) is 4.79 Å². The lowest BCUT2D eigenvalue weighted by Crippen LogP contribution is -2.28. The van der Waals surface area contributed by atoms with Gasteiger partial charge < -0.3 is 4.90 Å². The van der Waals surface area contributed by atoms with Crippen LogP contribution in [0.4, 0.5) is 0 Å². The summed E-state index contributed by atoms with van der Waals surface area (Å²) in [6.07, 6.45) is 7.83. The minimum Gasteiger partial charge on any atom is -0.338 e. The van der Waals surface area contributed by atoms with E-state index >= 15 is 0 Å². The third-order valence-electron chi connectivity index (χ3n) is 4.17. The van der Waals surface area contributed by atoms with Gasteiger partial charge in [-0.3, -0.25) is 9.89 Å². The summed E-state index contributed by atoms with van der Waals surface area (Å²) < 4.78 is 1.67. The summed E-state index contributed by atoms with van der Waals surface area (Å²) in [7, 11) is 0. The van der Waals surface area contributed by atoms with E-state index in [1.54, 1.807) is 29.3 Å². The SMILES string of the molecule is O=C(c1ccc(-n2cccn2)nc1)N1CC[C@H](c2ccn[nH]2)C1. The Kier molecular flexibility index (Phi) is 3.38. The maximum atomic E-state index is 12.6. The molecule has 3 aromatic rings. The number of H-pyrrole nitrogens is 1. The second-order valence-corrected chi connectivity index (χ2v) is 5.60. The summed E-state index contributed by atoms with van der Waals surface area (Å²) in [5, 5.41) is 11.1. The van der Waals surface area contributed by atoms with Crippen molar-refractivity contribution in [3.05, 3.63) is 60.3 Å². The lowest BCUT2D eigenvalue weighted by Gasteiger charge is -2.16. The van der Waals surface area contributed by atoms with Gasteiger partial charge in [-0.2, -0.15) is 10.2 Å². The molecule has 0 bridgehead atoms. The number of nitrogens with one attached hydrogen (secondary N) is 1. The van der Waals surface area contributed by atoms with Crippen LogP contribution in [0.25, 0.3) is 5.82 Å². The number of hydrogen-bond donors (Lipinski definition) is 1. The zero-order valence-corrected chi connectivity index (χ0v) is 12.5. The van der Waals surface area contributed by atoms with E-state index in [2.05, 4.69) is 20.3 Å². The Morgan fingerprint density at radius 3 is 2.91 bits per heavy atom. The minimum atomic E-state index is 0.0199. The lowest BCUT2D eigenvalue weighted by molar-refractivity contribution is 0.0790. The summed E-state index contributed by atoms with van der Waals surface area (Å²) in [6.45, 7) is 1.46. The van der Waals surface area contributed by atoms with E-state index in [1.165, 1.54) is 0 Å². The molecule has 0 saturated carbocycles. The van der Waals surface area contributed by atoms with E-state index in [1.807, 2.05) is 29.3 Å². The lowest BCUT2D eigenvalue weighted by atomic mass is 10.1. The topological polar surface area (TPSA) is 79.7 Å². The molecule has 116 valence electrons. The van der Waals surface area contributed by atoms with Crippen molar-refractivity contribution in [1.29, 1.82) is 0 Å². The molecule has 1 fully saturated rings. The minimum absolute atomic E-state index is 0.0199. The van der Waals surface area contributed by atoms with Crippen LogP contribution in [-0.2, 0) is 0 Å². The molecule has 23 heavy (non-hydrogen) atoms. The van der Waals surface area contributed by atoms with Crippen molar-refractivity contribution < 1.29 is 4.79 Å². The first-order valence-corrected chi connectivity index (χ1v) is 7.56. The number of rotatable bonds is 3. The van der Waals surface area contributed by atoms with Gasteiger partial charge in [0, 0.05) is 49.5 Å². The first-order chi connectivity index (χ1) is 11.3. The van der Waals surface area contributed by atoms with Gasteiger partial charge in [0.1, 0.15) is 0 Å². The molecule has 1 aliphatic rings. The maximum absolute atomic E-state index is 12.6. The molecule has 1 N–H and O–H groups in total. The van der Waals surface area contributed by atoms with Gasteiger partial charge in [0.05, 0.1) is 5.56 Å². The van der Waals surface area contributed by atoms with Gasteiger partial charge in [-0.05, 0) is 30.7 Å². The number of pyridine rings is 1. The van der Waals surface area contributed by atoms with Crippen LogP contribution in [0.1, 0.15) is 28.4 Å². The number of hydrogen-bond acceptors (Lipinski definition) is 4. The second-order valence-electron chi connectivity index (χ2n) is 5.60. The van der Waals surface area contributed by atoms with Gasteiger partial charge in [-0.1, -0.05) is 0 Å². The fourth-order valence-corrected chi connectivity index (χ4v) is 2.93. The van der Waals surface area contributed by atoms with Gasteiger partial charge in [0.25, 0.3) is 5.91 Å². The number of aromatic amines is 1. The highest BCUT2D eigenvalue weighted by atomic mass is 16.2. The Balaban J connectivity index is 1.47. The summed E-state index contributed by atoms with van der Waals surface area (Å²) in [4.78, 5) is 18.8. The van der Waals surface area contributed by atoms with Crippen LogP contribution in [0.15, 0.2) is 49.1 Å². The standard InChI is InChI=1S/C16H16N6O/c23-16(21-9-5-13(11-21)14-4-7-18-20-14)12-2-3-15(17-10-12)22-8-1-6-19-22/h1-4,6-8,10,13H,5,9,11H2,(H,18,20)/t13-/m0/s1. The van der Waals surface area contributed by atoms with Crippen LogP contribution < -0.4 is 0 Å². The van der Waals surface area contributed by atoms with Crippen molar-refractivity contribution in [2.45, 2.75) is 12.3 Å². The first-order valence-electron chi connectivity index (χ1n) is 7.56. The summed E-state index contributed by atoms with van der Waals surface area (Å²) >= 11 is 0. The highest BCUT2D eigenvalue weighted by Gasteiger charge is 2.28. The average Bonchev–Trinajstić information content (AvgIpc) is 3.36. The molecular weight excluding hydrogens is 292 g/mol. The molecule has 0 unspecified atom stereocenters. The Bertz CT molecular complexity index is 779. The Labute approximate surface area is 133 Å². The zero-order chi connectivity index (χ0) is 15.6. The average molecular weight is 308 g/mol. The highest BCUT2D eigenvalue weighted by Crippen LogP contribution is 2.26. The Hall–Kier alpha value is -2.96. The molecule has 1 amide bonds. The van der Waals surface area contributed by atoms with Crippen molar-refractivity contribution in [3.63, 3.8) is 0 Å². The fourth-order valence-electron chi connectivity index (χ4n) is 2.93. The van der Waals surface area contributed by atoms with E-state index in [-0.39, 0.29) is 5.91 Å². The van der Waals surface area contributed by atoms with Gasteiger partial charge in [0.2, 0.25) is 0 Å². The molecule has 0 radical (unpaired) electrons. The second kappa shape index (κ2) is 5.68. The van der Waals surface area contributed by atoms with Crippen LogP contribution in [0.5, 0.6) is 0 Å². The van der Waals surface area contributed by atoms with Gasteiger partial charge in [0.15, 0.2) is 5.82 Å². The molecule has 1 atom stereocenters. The normalized spacial score (nSPS) is 17.6. The fraction of sp³-hybridized carbons (Fsp3) is 0.250. The van der Waals surface area contributed by atoms with E-state index < -0.39 is 0 Å². The molecule has 4 rings (SSSR count). The van der Waals surface area contributed by atoms with Crippen LogP contribution in [-0.4, -0.2) is 48.9 Å². The number of carbonyl (C=O) groups is 1. The predicted octanol–water partition coefficient (Wildman–Crippen LogP) is 1.62. The van der Waals surface area contributed by atoms with Crippen LogP contribution in [0.3, 0.4) is 0 Å². The summed E-state index contributed by atoms with van der Waals surface area (Å²) in [5.41, 5.74) is 1.69. The van der Waals surface area contributed by atoms with E-state index in [0.29, 0.717) is 23.8 Å². The van der Waals surface area contributed by atoms with E-state index in [4.69, 9.17) is 0 Å². The Morgan fingerprint density at radius 1 is 1.26 bits per heavy atom. The van der Waals surface area contributed by atoms with Gasteiger partial charge in [-0.15, -0.1) is 0 Å². The number of carbonyl (C=O) groups excluding carboxylic acids is 1. The quantitative estimate of drug-likeness (QED) is 0.797.